The molecule has 1 aliphatic carbocycles. The Morgan fingerprint density at radius 1 is 1.07 bits per heavy atom. The van der Waals surface area contributed by atoms with Crippen molar-refractivity contribution >= 4 is 11.6 Å². The number of phenolic OH excluding ortho intramolecular Hbond substituents is 1. The van der Waals surface area contributed by atoms with E-state index >= 15 is 0 Å². The monoisotopic (exact) mass is 403 g/mol. The van der Waals surface area contributed by atoms with E-state index in [2.05, 4.69) is 4.98 Å². The first-order valence-electron chi connectivity index (χ1n) is 9.29. The topological polar surface area (TPSA) is 46.3 Å². The summed E-state index contributed by atoms with van der Waals surface area (Å²) in [6.07, 6.45) is 6.19. The highest BCUT2D eigenvalue weighted by Crippen LogP contribution is 2.44. The average Bonchev–Trinajstić information content (AvgIpc) is 3.36. The Morgan fingerprint density at radius 2 is 1.86 bits per heavy atom. The number of phenols is 1. The number of para-hydroxylation sites is 1. The van der Waals surface area contributed by atoms with Crippen LogP contribution in [0.5, 0.6) is 5.75 Å². The first kappa shape index (κ1) is 18.9. The van der Waals surface area contributed by atoms with Gasteiger partial charge in [-0.2, -0.15) is 0 Å². The zero-order valence-corrected chi connectivity index (χ0v) is 16.0. The van der Waals surface area contributed by atoms with E-state index in [9.17, 15) is 13.9 Å². The lowest BCUT2D eigenvalue weighted by atomic mass is 9.79. The molecular weight excluding hydrogens is 384 g/mol. The van der Waals surface area contributed by atoms with Gasteiger partial charge in [0.1, 0.15) is 12.1 Å². The Labute approximate surface area is 167 Å². The predicted molar refractivity (Wildman–Crippen MR) is 103 cm³/mol. The van der Waals surface area contributed by atoms with Crippen LogP contribution in [0.3, 0.4) is 0 Å². The molecule has 4 rings (SSSR count). The summed E-state index contributed by atoms with van der Waals surface area (Å²) in [6, 6.07) is 8.86. The highest BCUT2D eigenvalue weighted by molar-refractivity contribution is 6.16. The van der Waals surface area contributed by atoms with E-state index in [4.69, 9.17) is 16.0 Å². The van der Waals surface area contributed by atoms with Gasteiger partial charge >= 0.3 is 0 Å². The Bertz CT molecular complexity index is 996. The van der Waals surface area contributed by atoms with E-state index in [1.807, 2.05) is 0 Å². The lowest BCUT2D eigenvalue weighted by Gasteiger charge is -2.25. The van der Waals surface area contributed by atoms with Crippen LogP contribution in [0.15, 0.2) is 47.1 Å². The van der Waals surface area contributed by atoms with Crippen molar-refractivity contribution in [3.63, 3.8) is 0 Å². The van der Waals surface area contributed by atoms with Gasteiger partial charge in [-0.3, -0.25) is 0 Å². The van der Waals surface area contributed by atoms with Gasteiger partial charge in [-0.25, -0.2) is 13.8 Å². The number of aromatic nitrogens is 1. The molecule has 1 fully saturated rings. The van der Waals surface area contributed by atoms with Crippen LogP contribution < -0.4 is 0 Å². The van der Waals surface area contributed by atoms with Crippen molar-refractivity contribution in [2.24, 2.45) is 0 Å². The van der Waals surface area contributed by atoms with Gasteiger partial charge in [0, 0.05) is 11.1 Å². The zero-order valence-electron chi connectivity index (χ0n) is 15.2. The van der Waals surface area contributed by atoms with Crippen LogP contribution >= 0.6 is 11.6 Å². The van der Waals surface area contributed by atoms with Crippen LogP contribution in [-0.4, -0.2) is 10.1 Å². The summed E-state index contributed by atoms with van der Waals surface area (Å²) in [5, 5.41) is 10.0. The lowest BCUT2D eigenvalue weighted by Crippen LogP contribution is -2.25. The van der Waals surface area contributed by atoms with Gasteiger partial charge in [0.05, 0.1) is 17.0 Å². The fourth-order valence-electron chi connectivity index (χ4n) is 4.14. The average molecular weight is 404 g/mol. The van der Waals surface area contributed by atoms with Crippen molar-refractivity contribution in [1.82, 2.24) is 4.98 Å². The molecule has 1 saturated carbocycles. The van der Waals surface area contributed by atoms with Crippen LogP contribution in [0.2, 0.25) is 0 Å². The summed E-state index contributed by atoms with van der Waals surface area (Å²) < 4.78 is 33.9. The standard InChI is InChI=1S/C22H20ClF2NO2/c23-12-15-13-28-21(26-15)22(8-1-2-9-22)11-14-6-7-18(24)17(10-14)16-4-3-5-19(25)20(16)27/h3-7,10,13,27H,1-2,8-9,11-12H2. The molecule has 3 nitrogen and oxygen atoms in total. The van der Waals surface area contributed by atoms with Gasteiger partial charge in [-0.05, 0) is 43.0 Å². The van der Waals surface area contributed by atoms with E-state index in [-0.39, 0.29) is 16.5 Å². The molecule has 146 valence electrons. The van der Waals surface area contributed by atoms with Crippen molar-refractivity contribution in [3.05, 3.63) is 71.4 Å². The van der Waals surface area contributed by atoms with E-state index in [1.54, 1.807) is 18.4 Å². The molecule has 0 bridgehead atoms. The maximum atomic E-state index is 14.5. The molecule has 0 amide bonds. The molecule has 1 aliphatic rings. The minimum Gasteiger partial charge on any atom is -0.504 e. The van der Waals surface area contributed by atoms with E-state index in [1.165, 1.54) is 18.2 Å². The quantitative estimate of drug-likeness (QED) is 0.522. The van der Waals surface area contributed by atoms with Crippen LogP contribution in [0.1, 0.15) is 42.8 Å². The van der Waals surface area contributed by atoms with Crippen molar-refractivity contribution in [2.45, 2.75) is 43.4 Å². The van der Waals surface area contributed by atoms with Gasteiger partial charge in [0.15, 0.2) is 11.6 Å². The number of hydrogen-bond acceptors (Lipinski definition) is 3. The highest BCUT2D eigenvalue weighted by atomic mass is 35.5. The smallest absolute Gasteiger partial charge is 0.200 e. The number of halogens is 3. The van der Waals surface area contributed by atoms with Gasteiger partial charge in [-0.15, -0.1) is 11.6 Å². The van der Waals surface area contributed by atoms with Crippen molar-refractivity contribution in [1.29, 1.82) is 0 Å². The number of nitrogens with zero attached hydrogens (tertiary/aromatic N) is 1. The van der Waals surface area contributed by atoms with Gasteiger partial charge in [-0.1, -0.05) is 31.0 Å². The third-order valence-electron chi connectivity index (χ3n) is 5.55. The minimum atomic E-state index is -0.775. The molecule has 1 heterocycles. The summed E-state index contributed by atoms with van der Waals surface area (Å²) in [6.45, 7) is 0. The first-order valence-corrected chi connectivity index (χ1v) is 9.83. The number of aromatic hydroxyl groups is 1. The second-order valence-electron chi connectivity index (χ2n) is 7.39. The molecule has 0 spiro atoms. The first-order chi connectivity index (χ1) is 13.5. The van der Waals surface area contributed by atoms with Gasteiger partial charge in [0.25, 0.3) is 0 Å². The Balaban J connectivity index is 1.72. The Kier molecular flexibility index (Phi) is 5.11. The second-order valence-corrected chi connectivity index (χ2v) is 7.66. The number of benzene rings is 2. The lowest BCUT2D eigenvalue weighted by molar-refractivity contribution is 0.322. The summed E-state index contributed by atoms with van der Waals surface area (Å²) >= 11 is 5.87. The maximum Gasteiger partial charge on any atom is 0.200 e. The molecule has 0 saturated heterocycles. The summed E-state index contributed by atoms with van der Waals surface area (Å²) in [5.74, 6) is -0.874. The predicted octanol–water partition coefficient (Wildman–Crippen LogP) is 6.12. The van der Waals surface area contributed by atoms with E-state index in [0.29, 0.717) is 23.9 Å². The fourth-order valence-corrected chi connectivity index (χ4v) is 4.26. The van der Waals surface area contributed by atoms with Crippen molar-refractivity contribution in [2.75, 3.05) is 0 Å². The third-order valence-corrected chi connectivity index (χ3v) is 5.83. The van der Waals surface area contributed by atoms with Gasteiger partial charge < -0.3 is 9.52 Å². The molecule has 3 aromatic rings. The van der Waals surface area contributed by atoms with E-state index < -0.39 is 17.4 Å². The number of hydrogen-bond donors (Lipinski definition) is 1. The van der Waals surface area contributed by atoms with Crippen molar-refractivity contribution < 1.29 is 18.3 Å². The maximum absolute atomic E-state index is 14.5. The molecule has 6 heteroatoms. The van der Waals surface area contributed by atoms with E-state index in [0.717, 1.165) is 37.3 Å². The number of rotatable bonds is 5. The molecule has 1 aromatic heterocycles. The molecule has 0 atom stereocenters. The molecule has 2 aromatic carbocycles. The molecule has 28 heavy (non-hydrogen) atoms. The highest BCUT2D eigenvalue weighted by Gasteiger charge is 2.40. The molecular formula is C22H20ClF2NO2. The Hall–Kier alpha value is -2.40. The summed E-state index contributed by atoms with van der Waals surface area (Å²) in [7, 11) is 0. The number of oxazole rings is 1. The fraction of sp³-hybridized carbons (Fsp3) is 0.318. The Morgan fingerprint density at radius 3 is 2.57 bits per heavy atom. The van der Waals surface area contributed by atoms with Crippen LogP contribution in [0.4, 0.5) is 8.78 Å². The van der Waals surface area contributed by atoms with Crippen LogP contribution in [0.25, 0.3) is 11.1 Å². The normalized spacial score (nSPS) is 15.8. The molecule has 0 radical (unpaired) electrons. The number of alkyl halides is 1. The molecule has 0 aliphatic heterocycles. The summed E-state index contributed by atoms with van der Waals surface area (Å²) in [5.41, 5.74) is 1.64. The molecule has 0 unspecified atom stereocenters. The zero-order chi connectivity index (χ0) is 19.7. The summed E-state index contributed by atoms with van der Waals surface area (Å²) in [4.78, 5) is 4.54. The second kappa shape index (κ2) is 7.55. The van der Waals surface area contributed by atoms with Crippen molar-refractivity contribution in [3.8, 4) is 16.9 Å². The molecule has 1 N–H and O–H groups in total. The SMILES string of the molecule is Oc1c(F)cccc1-c1cc(CC2(c3nc(CCl)co3)CCCC2)ccc1F. The van der Waals surface area contributed by atoms with Gasteiger partial charge in [0.2, 0.25) is 5.89 Å². The van der Waals surface area contributed by atoms with Crippen LogP contribution in [-0.2, 0) is 17.7 Å². The van der Waals surface area contributed by atoms with Crippen LogP contribution in [0, 0.1) is 11.6 Å². The third kappa shape index (κ3) is 3.39. The minimum absolute atomic E-state index is 0.139. The largest absolute Gasteiger partial charge is 0.504 e.